The molecule has 0 radical (unpaired) electrons. The van der Waals surface area contributed by atoms with Gasteiger partial charge in [-0.25, -0.2) is 0 Å². The molecule has 1 aliphatic carbocycles. The summed E-state index contributed by atoms with van der Waals surface area (Å²) in [5.41, 5.74) is 0. The first-order valence-corrected chi connectivity index (χ1v) is 7.14. The van der Waals surface area contributed by atoms with E-state index in [0.29, 0.717) is 0 Å². The maximum Gasteiger partial charge on any atom is 0.277 e. The fourth-order valence-corrected chi connectivity index (χ4v) is 3.33. The zero-order chi connectivity index (χ0) is 10.7. The van der Waals surface area contributed by atoms with Gasteiger partial charge in [0.25, 0.3) is 10.2 Å². The average molecular weight is 233 g/mol. The lowest BCUT2D eigenvalue weighted by atomic mass is 9.94. The van der Waals surface area contributed by atoms with Crippen LogP contribution in [0.5, 0.6) is 0 Å². The van der Waals surface area contributed by atoms with Crippen molar-refractivity contribution in [2.24, 2.45) is 0 Å². The predicted octanol–water partition coefficient (Wildman–Crippen LogP) is -0.285. The largest absolute Gasteiger partial charge is 0.315 e. The smallest absolute Gasteiger partial charge is 0.277 e. The summed E-state index contributed by atoms with van der Waals surface area (Å²) < 4.78 is 28.7. The molecule has 0 amide bonds. The molecule has 3 N–H and O–H groups in total. The molecule has 2 rings (SSSR count). The highest BCUT2D eigenvalue weighted by molar-refractivity contribution is 7.87. The van der Waals surface area contributed by atoms with E-state index >= 15 is 0 Å². The van der Waals surface area contributed by atoms with Crippen LogP contribution in [0.15, 0.2) is 0 Å². The molecule has 2 aliphatic rings. The van der Waals surface area contributed by atoms with Gasteiger partial charge in [-0.1, -0.05) is 6.42 Å². The highest BCUT2D eigenvalue weighted by Gasteiger charge is 2.25. The topological polar surface area (TPSA) is 70.2 Å². The maximum absolute atomic E-state index is 11.7. The summed E-state index contributed by atoms with van der Waals surface area (Å²) in [6.07, 6.45) is 5.06. The van der Waals surface area contributed by atoms with Crippen molar-refractivity contribution in [2.75, 3.05) is 13.1 Å². The third-order valence-electron chi connectivity index (χ3n) is 3.05. The lowest BCUT2D eigenvalue weighted by molar-refractivity contribution is 0.374. The minimum atomic E-state index is -3.28. The molecule has 2 fully saturated rings. The second-order valence-electron chi connectivity index (χ2n) is 4.41. The van der Waals surface area contributed by atoms with Crippen LogP contribution in [0, 0.1) is 0 Å². The van der Waals surface area contributed by atoms with Gasteiger partial charge in [0.05, 0.1) is 0 Å². The van der Waals surface area contributed by atoms with Crippen molar-refractivity contribution >= 4 is 10.2 Å². The van der Waals surface area contributed by atoms with E-state index < -0.39 is 10.2 Å². The van der Waals surface area contributed by atoms with E-state index in [1.54, 1.807) is 0 Å². The Morgan fingerprint density at radius 3 is 2.20 bits per heavy atom. The number of hydrogen-bond donors (Lipinski definition) is 3. The first-order valence-electron chi connectivity index (χ1n) is 5.66. The Hall–Kier alpha value is -0.170. The zero-order valence-corrected chi connectivity index (χ0v) is 9.65. The van der Waals surface area contributed by atoms with E-state index in [2.05, 4.69) is 14.8 Å². The molecular formula is C9H19N3O2S. The lowest BCUT2D eigenvalue weighted by Crippen LogP contribution is -2.52. The number of rotatable bonds is 4. The summed E-state index contributed by atoms with van der Waals surface area (Å²) in [4.78, 5) is 0. The molecule has 5 nitrogen and oxygen atoms in total. The molecule has 6 heteroatoms. The molecule has 88 valence electrons. The minimum Gasteiger partial charge on any atom is -0.315 e. The van der Waals surface area contributed by atoms with Crippen molar-refractivity contribution in [3.8, 4) is 0 Å². The number of piperidine rings is 1. The van der Waals surface area contributed by atoms with Crippen molar-refractivity contribution in [1.29, 1.82) is 0 Å². The van der Waals surface area contributed by atoms with E-state index in [4.69, 9.17) is 0 Å². The van der Waals surface area contributed by atoms with Gasteiger partial charge >= 0.3 is 0 Å². The van der Waals surface area contributed by atoms with E-state index in [9.17, 15) is 8.42 Å². The molecule has 1 saturated heterocycles. The second-order valence-corrected chi connectivity index (χ2v) is 5.89. The quantitative estimate of drug-likeness (QED) is 0.625. The monoisotopic (exact) mass is 233 g/mol. The Morgan fingerprint density at radius 1 is 1.00 bits per heavy atom. The molecule has 15 heavy (non-hydrogen) atoms. The molecule has 1 unspecified atom stereocenters. The van der Waals surface area contributed by atoms with Crippen LogP contribution in [0.2, 0.25) is 0 Å². The molecule has 0 spiro atoms. The van der Waals surface area contributed by atoms with Crippen LogP contribution in [0.25, 0.3) is 0 Å². The van der Waals surface area contributed by atoms with E-state index in [1.165, 1.54) is 0 Å². The van der Waals surface area contributed by atoms with Crippen molar-refractivity contribution in [1.82, 2.24) is 14.8 Å². The van der Waals surface area contributed by atoms with E-state index in [0.717, 1.165) is 45.2 Å². The van der Waals surface area contributed by atoms with Gasteiger partial charge in [0, 0.05) is 18.6 Å². The van der Waals surface area contributed by atoms with E-state index in [1.807, 2.05) is 0 Å². The summed E-state index contributed by atoms with van der Waals surface area (Å²) in [5, 5.41) is 3.18. The first kappa shape index (κ1) is 11.3. The van der Waals surface area contributed by atoms with Gasteiger partial charge in [-0.05, 0) is 32.2 Å². The number of hydrogen-bond acceptors (Lipinski definition) is 3. The van der Waals surface area contributed by atoms with Crippen LogP contribution in [-0.2, 0) is 10.2 Å². The highest BCUT2D eigenvalue weighted by Crippen LogP contribution is 2.18. The van der Waals surface area contributed by atoms with Gasteiger partial charge in [0.2, 0.25) is 0 Å². The summed E-state index contributed by atoms with van der Waals surface area (Å²) in [7, 11) is -3.28. The zero-order valence-electron chi connectivity index (χ0n) is 8.83. The Balaban J connectivity index is 1.80. The van der Waals surface area contributed by atoms with Crippen LogP contribution in [0.1, 0.15) is 32.1 Å². The molecule has 1 aliphatic heterocycles. The van der Waals surface area contributed by atoms with Gasteiger partial charge in [-0.3, -0.25) is 0 Å². The van der Waals surface area contributed by atoms with Gasteiger partial charge in [-0.15, -0.1) is 0 Å². The summed E-state index contributed by atoms with van der Waals surface area (Å²) in [6, 6.07) is 0.218. The second kappa shape index (κ2) is 4.78. The van der Waals surface area contributed by atoms with Crippen LogP contribution in [0.4, 0.5) is 0 Å². The van der Waals surface area contributed by atoms with E-state index in [-0.39, 0.29) is 12.1 Å². The van der Waals surface area contributed by atoms with Crippen molar-refractivity contribution < 1.29 is 8.42 Å². The average Bonchev–Trinajstić information content (AvgIpc) is 2.13. The molecule has 1 heterocycles. The Morgan fingerprint density at radius 2 is 1.67 bits per heavy atom. The third kappa shape index (κ3) is 3.41. The fourth-order valence-electron chi connectivity index (χ4n) is 1.95. The Kier molecular flexibility index (Phi) is 3.60. The van der Waals surface area contributed by atoms with Crippen molar-refractivity contribution in [2.45, 2.75) is 44.2 Å². The normalized spacial score (nSPS) is 28.7. The van der Waals surface area contributed by atoms with Crippen LogP contribution in [0.3, 0.4) is 0 Å². The molecule has 0 aromatic heterocycles. The third-order valence-corrected chi connectivity index (χ3v) is 4.33. The van der Waals surface area contributed by atoms with Crippen LogP contribution in [-0.4, -0.2) is 33.6 Å². The molecule has 0 aromatic rings. The fraction of sp³-hybridized carbons (Fsp3) is 1.00. The van der Waals surface area contributed by atoms with Crippen molar-refractivity contribution in [3.05, 3.63) is 0 Å². The maximum atomic E-state index is 11.7. The first-order chi connectivity index (χ1) is 7.16. The van der Waals surface area contributed by atoms with Gasteiger partial charge in [0.15, 0.2) is 0 Å². The van der Waals surface area contributed by atoms with Crippen molar-refractivity contribution in [3.63, 3.8) is 0 Å². The predicted molar refractivity (Wildman–Crippen MR) is 58.7 cm³/mol. The summed E-state index contributed by atoms with van der Waals surface area (Å²) in [6.45, 7) is 1.74. The summed E-state index contributed by atoms with van der Waals surface area (Å²) in [5.74, 6) is 0. The molecular weight excluding hydrogens is 214 g/mol. The number of nitrogens with one attached hydrogen (secondary N) is 3. The standard InChI is InChI=1S/C9H19N3O2S/c13-15(14,11-8-3-1-4-8)12-9-5-2-6-10-7-9/h8-12H,1-7H2. The minimum absolute atomic E-state index is 0.0522. The molecule has 1 atom stereocenters. The molecule has 0 aromatic carbocycles. The molecule has 1 saturated carbocycles. The molecule has 0 bridgehead atoms. The Bertz CT molecular complexity index is 294. The lowest BCUT2D eigenvalue weighted by Gasteiger charge is -2.29. The van der Waals surface area contributed by atoms with Gasteiger partial charge in [-0.2, -0.15) is 17.9 Å². The highest BCUT2D eigenvalue weighted by atomic mass is 32.2. The van der Waals surface area contributed by atoms with Crippen LogP contribution >= 0.6 is 0 Å². The summed E-state index contributed by atoms with van der Waals surface area (Å²) >= 11 is 0. The SMILES string of the molecule is O=S(=O)(NC1CCC1)NC1CCCNC1. The van der Waals surface area contributed by atoms with Gasteiger partial charge in [0.1, 0.15) is 0 Å². The van der Waals surface area contributed by atoms with Crippen LogP contribution < -0.4 is 14.8 Å². The van der Waals surface area contributed by atoms with Gasteiger partial charge < -0.3 is 5.32 Å². The Labute approximate surface area is 91.2 Å².